The molecule has 22 heavy (non-hydrogen) atoms. The van der Waals surface area contributed by atoms with Gasteiger partial charge in [-0.15, -0.1) is 10.2 Å². The molecule has 1 aromatic heterocycles. The van der Waals surface area contributed by atoms with Crippen LogP contribution in [0.4, 0.5) is 11.6 Å². The van der Waals surface area contributed by atoms with Crippen LogP contribution in [0.1, 0.15) is 31.1 Å². The summed E-state index contributed by atoms with van der Waals surface area (Å²) in [4.78, 5) is 12.1. The molecular formula is C15H16Cl2N4O. The number of hydrogen-bond donors (Lipinski definition) is 2. The Morgan fingerprint density at radius 1 is 1.00 bits per heavy atom. The normalized spacial score (nSPS) is 11.1. The molecule has 2 aromatic rings. The maximum absolute atomic E-state index is 12.1. The van der Waals surface area contributed by atoms with Gasteiger partial charge < -0.3 is 10.6 Å². The molecule has 2 rings (SSSR count). The molecule has 1 heterocycles. The summed E-state index contributed by atoms with van der Waals surface area (Å²) in [7, 11) is 0. The zero-order valence-electron chi connectivity index (χ0n) is 12.4. The lowest BCUT2D eigenvalue weighted by atomic mass is 10.1. The lowest BCUT2D eigenvalue weighted by molar-refractivity contribution is 0.102. The Bertz CT molecular complexity index is 681. The van der Waals surface area contributed by atoms with Crippen molar-refractivity contribution in [2.75, 3.05) is 10.6 Å². The topological polar surface area (TPSA) is 66.9 Å². The highest BCUT2D eigenvalue weighted by atomic mass is 35.5. The van der Waals surface area contributed by atoms with Crippen molar-refractivity contribution in [2.45, 2.75) is 26.3 Å². The molecule has 1 aromatic carbocycles. The van der Waals surface area contributed by atoms with E-state index in [0.29, 0.717) is 27.2 Å². The summed E-state index contributed by atoms with van der Waals surface area (Å²) < 4.78 is 0. The first kappa shape index (κ1) is 16.5. The van der Waals surface area contributed by atoms with Crippen molar-refractivity contribution in [3.8, 4) is 0 Å². The molecule has 0 aliphatic heterocycles. The molecule has 0 aliphatic rings. The summed E-state index contributed by atoms with van der Waals surface area (Å²) in [6.07, 6.45) is 0. The quantitative estimate of drug-likeness (QED) is 0.877. The Labute approximate surface area is 139 Å². The Hall–Kier alpha value is -1.85. The Balaban J connectivity index is 2.07. The minimum Gasteiger partial charge on any atom is -0.364 e. The van der Waals surface area contributed by atoms with Crippen LogP contribution < -0.4 is 10.6 Å². The van der Waals surface area contributed by atoms with Crippen molar-refractivity contribution < 1.29 is 4.79 Å². The summed E-state index contributed by atoms with van der Waals surface area (Å²) in [5.41, 5.74) is 0.285. The predicted molar refractivity (Wildman–Crippen MR) is 89.8 cm³/mol. The van der Waals surface area contributed by atoms with Gasteiger partial charge in [0.2, 0.25) is 0 Å². The molecule has 0 saturated carbocycles. The van der Waals surface area contributed by atoms with Gasteiger partial charge in [-0.05, 0) is 51.1 Å². The number of carbonyl (C=O) groups excluding carboxylic acids is 1. The van der Waals surface area contributed by atoms with E-state index in [2.05, 4.69) is 20.8 Å². The fourth-order valence-electron chi connectivity index (χ4n) is 1.68. The summed E-state index contributed by atoms with van der Waals surface area (Å²) >= 11 is 11.7. The molecule has 0 radical (unpaired) electrons. The smallest absolute Gasteiger partial charge is 0.256 e. The lowest BCUT2D eigenvalue weighted by Crippen LogP contribution is -2.26. The van der Waals surface area contributed by atoms with Crippen molar-refractivity contribution in [1.82, 2.24) is 10.2 Å². The number of aromatic nitrogens is 2. The molecule has 0 saturated heterocycles. The molecule has 0 aliphatic carbocycles. The van der Waals surface area contributed by atoms with Gasteiger partial charge in [-0.25, -0.2) is 0 Å². The SMILES string of the molecule is CC(C)(C)Nc1ccc(NC(=O)c2ccc(Cl)c(Cl)c2)nn1. The molecule has 7 heteroatoms. The summed E-state index contributed by atoms with van der Waals surface area (Å²) in [5.74, 6) is 0.667. The zero-order valence-corrected chi connectivity index (χ0v) is 14.0. The number of nitrogens with zero attached hydrogens (tertiary/aromatic N) is 2. The monoisotopic (exact) mass is 338 g/mol. The van der Waals surface area contributed by atoms with E-state index >= 15 is 0 Å². The second kappa shape index (κ2) is 6.50. The van der Waals surface area contributed by atoms with E-state index in [0.717, 1.165) is 0 Å². The predicted octanol–water partition coefficient (Wildman–Crippen LogP) is 4.25. The van der Waals surface area contributed by atoms with Gasteiger partial charge in [0.1, 0.15) is 5.82 Å². The highest BCUT2D eigenvalue weighted by Crippen LogP contribution is 2.23. The second-order valence-corrected chi connectivity index (χ2v) is 6.58. The van der Waals surface area contributed by atoms with Crippen molar-refractivity contribution >= 4 is 40.7 Å². The first-order valence-corrected chi connectivity index (χ1v) is 7.38. The van der Waals surface area contributed by atoms with Crippen LogP contribution in [0.25, 0.3) is 0 Å². The van der Waals surface area contributed by atoms with Gasteiger partial charge in [0, 0.05) is 11.1 Å². The molecule has 0 unspecified atom stereocenters. The summed E-state index contributed by atoms with van der Waals surface area (Å²) in [5, 5.41) is 14.5. The Morgan fingerprint density at radius 3 is 2.18 bits per heavy atom. The van der Waals surface area contributed by atoms with E-state index in [-0.39, 0.29) is 11.4 Å². The fraction of sp³-hybridized carbons (Fsp3) is 0.267. The number of nitrogens with one attached hydrogen (secondary N) is 2. The number of amides is 1. The van der Waals surface area contributed by atoms with Crippen LogP contribution in [0.3, 0.4) is 0 Å². The molecule has 5 nitrogen and oxygen atoms in total. The van der Waals surface area contributed by atoms with Crippen molar-refractivity contribution in [1.29, 1.82) is 0 Å². The third-order valence-electron chi connectivity index (χ3n) is 2.59. The van der Waals surface area contributed by atoms with E-state index < -0.39 is 0 Å². The van der Waals surface area contributed by atoms with Crippen LogP contribution in [-0.2, 0) is 0 Å². The van der Waals surface area contributed by atoms with Crippen LogP contribution in [0.15, 0.2) is 30.3 Å². The average Bonchev–Trinajstić information content (AvgIpc) is 2.42. The van der Waals surface area contributed by atoms with Gasteiger partial charge >= 0.3 is 0 Å². The first-order chi connectivity index (χ1) is 10.2. The number of anilines is 2. The van der Waals surface area contributed by atoms with Crippen LogP contribution in [0.5, 0.6) is 0 Å². The molecule has 116 valence electrons. The van der Waals surface area contributed by atoms with Crippen LogP contribution in [0.2, 0.25) is 10.0 Å². The number of hydrogen-bond acceptors (Lipinski definition) is 4. The lowest BCUT2D eigenvalue weighted by Gasteiger charge is -2.20. The highest BCUT2D eigenvalue weighted by Gasteiger charge is 2.12. The van der Waals surface area contributed by atoms with Gasteiger partial charge in [-0.1, -0.05) is 23.2 Å². The molecule has 0 spiro atoms. The minimum absolute atomic E-state index is 0.112. The zero-order chi connectivity index (χ0) is 16.3. The second-order valence-electron chi connectivity index (χ2n) is 5.76. The van der Waals surface area contributed by atoms with Gasteiger partial charge in [0.25, 0.3) is 5.91 Å². The standard InChI is InChI=1S/C15H16Cl2N4O/c1-15(2,3)19-13-7-6-12(20-21-13)18-14(22)9-4-5-10(16)11(17)8-9/h4-8H,1-3H3,(H,19,21)(H,18,20,22). The van der Waals surface area contributed by atoms with Gasteiger partial charge in [-0.2, -0.15) is 0 Å². The largest absolute Gasteiger partial charge is 0.364 e. The number of benzene rings is 1. The van der Waals surface area contributed by atoms with E-state index in [1.165, 1.54) is 6.07 Å². The summed E-state index contributed by atoms with van der Waals surface area (Å²) in [6.45, 7) is 6.07. The molecule has 0 atom stereocenters. The number of halogens is 2. The molecule has 0 bridgehead atoms. The van der Waals surface area contributed by atoms with Crippen LogP contribution in [-0.4, -0.2) is 21.6 Å². The third kappa shape index (κ3) is 4.58. The first-order valence-electron chi connectivity index (χ1n) is 6.63. The van der Waals surface area contributed by atoms with Crippen molar-refractivity contribution in [3.05, 3.63) is 45.9 Å². The Kier molecular flexibility index (Phi) is 4.88. The van der Waals surface area contributed by atoms with Crippen LogP contribution in [0, 0.1) is 0 Å². The highest BCUT2D eigenvalue weighted by molar-refractivity contribution is 6.42. The third-order valence-corrected chi connectivity index (χ3v) is 3.33. The molecule has 0 fully saturated rings. The van der Waals surface area contributed by atoms with E-state index in [1.807, 2.05) is 20.8 Å². The van der Waals surface area contributed by atoms with E-state index in [9.17, 15) is 4.79 Å². The average molecular weight is 339 g/mol. The van der Waals surface area contributed by atoms with E-state index in [1.54, 1.807) is 24.3 Å². The number of rotatable bonds is 3. The van der Waals surface area contributed by atoms with E-state index in [4.69, 9.17) is 23.2 Å². The molecular weight excluding hydrogens is 323 g/mol. The Morgan fingerprint density at radius 2 is 1.64 bits per heavy atom. The summed E-state index contributed by atoms with van der Waals surface area (Å²) in [6, 6.07) is 8.09. The maximum atomic E-state index is 12.1. The van der Waals surface area contributed by atoms with Gasteiger partial charge in [-0.3, -0.25) is 4.79 Å². The number of carbonyl (C=O) groups is 1. The molecule has 2 N–H and O–H groups in total. The van der Waals surface area contributed by atoms with Crippen molar-refractivity contribution in [3.63, 3.8) is 0 Å². The van der Waals surface area contributed by atoms with Gasteiger partial charge in [0.05, 0.1) is 10.0 Å². The fourth-order valence-corrected chi connectivity index (χ4v) is 1.97. The molecule has 1 amide bonds. The van der Waals surface area contributed by atoms with Gasteiger partial charge in [0.15, 0.2) is 5.82 Å². The van der Waals surface area contributed by atoms with Crippen LogP contribution >= 0.6 is 23.2 Å². The minimum atomic E-state index is -0.329. The van der Waals surface area contributed by atoms with Crippen molar-refractivity contribution in [2.24, 2.45) is 0 Å². The maximum Gasteiger partial charge on any atom is 0.256 e.